The number of carbonyl (C=O) groups excluding carboxylic acids is 3. The molecule has 1 atom stereocenters. The van der Waals surface area contributed by atoms with Gasteiger partial charge in [-0.1, -0.05) is 16.8 Å². The van der Waals surface area contributed by atoms with Crippen LogP contribution in [0, 0.1) is 0 Å². The highest BCUT2D eigenvalue weighted by molar-refractivity contribution is 7.14. The lowest BCUT2D eigenvalue weighted by Crippen LogP contribution is -3.00. The Morgan fingerprint density at radius 1 is 1.00 bits per heavy atom. The number of aromatic nitrogens is 3. The number of esters is 1. The maximum atomic E-state index is 13.1. The van der Waals surface area contributed by atoms with Gasteiger partial charge in [0, 0.05) is 17.5 Å². The van der Waals surface area contributed by atoms with Crippen molar-refractivity contribution >= 4 is 57.9 Å². The molecule has 0 unspecified atom stereocenters. The van der Waals surface area contributed by atoms with Gasteiger partial charge in [-0.2, -0.15) is 4.68 Å². The lowest BCUT2D eigenvalue weighted by Gasteiger charge is -2.23. The number of halogens is 2. The Labute approximate surface area is 340 Å². The quantitative estimate of drug-likeness (QED) is 0.0410. The molecule has 16 nitrogen and oxygen atoms in total. The van der Waals surface area contributed by atoms with E-state index >= 15 is 0 Å². The minimum absolute atomic E-state index is 0. The molecule has 0 saturated heterocycles. The van der Waals surface area contributed by atoms with E-state index in [1.807, 2.05) is 28.8 Å². The fourth-order valence-electron chi connectivity index (χ4n) is 4.31. The lowest BCUT2D eigenvalue weighted by atomic mass is 10.1. The van der Waals surface area contributed by atoms with Crippen LogP contribution in [0.5, 0.6) is 5.75 Å². The summed E-state index contributed by atoms with van der Waals surface area (Å²) in [6, 6.07) is 5.00. The zero-order chi connectivity index (χ0) is 39.7. The molecule has 19 heteroatoms. The molecule has 298 valence electrons. The number of carbonyl (C=O) groups is 4. The second-order valence-corrected chi connectivity index (χ2v) is 16.0. The first kappa shape index (κ1) is 46.0. The number of nitrogens with zero attached hydrogens (tertiary/aromatic N) is 4. The second-order valence-electron chi connectivity index (χ2n) is 14.7. The van der Waals surface area contributed by atoms with Crippen LogP contribution < -0.4 is 44.0 Å². The molecule has 54 heavy (non-hydrogen) atoms. The van der Waals surface area contributed by atoms with E-state index in [0.717, 1.165) is 22.5 Å². The zero-order valence-electron chi connectivity index (χ0n) is 31.9. The smallest absolute Gasteiger partial charge is 0.413 e. The van der Waals surface area contributed by atoms with E-state index in [9.17, 15) is 24.3 Å². The largest absolute Gasteiger partial charge is 1.00 e. The number of aryl methyl sites for hydroxylation is 2. The number of thiazole rings is 1. The molecule has 0 aliphatic heterocycles. The minimum atomic E-state index is -1.50. The van der Waals surface area contributed by atoms with Crippen LogP contribution in [0.15, 0.2) is 41.1 Å². The second kappa shape index (κ2) is 19.4. The van der Waals surface area contributed by atoms with Crippen molar-refractivity contribution in [3.05, 3.63) is 46.7 Å². The first-order valence-electron chi connectivity index (χ1n) is 16.6. The van der Waals surface area contributed by atoms with Crippen molar-refractivity contribution in [3.8, 4) is 16.9 Å². The number of ether oxygens (including phenoxy) is 4. The summed E-state index contributed by atoms with van der Waals surface area (Å²) in [6.07, 6.45) is 1.78. The third-order valence-electron chi connectivity index (χ3n) is 6.40. The Balaban J connectivity index is 0.0000101. The van der Waals surface area contributed by atoms with Gasteiger partial charge >= 0.3 is 24.1 Å². The normalized spacial score (nSPS) is 12.5. The van der Waals surface area contributed by atoms with E-state index in [-0.39, 0.29) is 34.8 Å². The van der Waals surface area contributed by atoms with Crippen LogP contribution in [0.1, 0.15) is 74.4 Å². The van der Waals surface area contributed by atoms with Gasteiger partial charge in [0.15, 0.2) is 12.2 Å². The van der Waals surface area contributed by atoms with E-state index in [4.69, 9.17) is 35.4 Å². The number of carboxylic acid groups (broad SMARTS) is 1. The van der Waals surface area contributed by atoms with Crippen LogP contribution in [0.2, 0.25) is 5.02 Å². The third kappa shape index (κ3) is 15.7. The van der Waals surface area contributed by atoms with Gasteiger partial charge < -0.3 is 58.2 Å². The number of nitrogens with one attached hydrogen (secondary N) is 2. The van der Waals surface area contributed by atoms with E-state index < -0.39 is 59.4 Å². The number of aliphatic carboxylic acids is 1. The van der Waals surface area contributed by atoms with E-state index in [0.29, 0.717) is 30.3 Å². The van der Waals surface area contributed by atoms with Crippen LogP contribution in [0.3, 0.4) is 0 Å². The zero-order valence-corrected chi connectivity index (χ0v) is 35.7. The topological polar surface area (TPSA) is 193 Å². The van der Waals surface area contributed by atoms with Gasteiger partial charge in [0.25, 0.3) is 6.10 Å². The average molecular weight is 907 g/mol. The van der Waals surface area contributed by atoms with Gasteiger partial charge in [-0.15, -0.1) is 16.0 Å². The molecule has 3 N–H and O–H groups in total. The molecule has 0 bridgehead atoms. The minimum Gasteiger partial charge on any atom is -1.00 e. The predicted octanol–water partition coefficient (Wildman–Crippen LogP) is 2.95. The van der Waals surface area contributed by atoms with Crippen molar-refractivity contribution < 1.29 is 76.7 Å². The summed E-state index contributed by atoms with van der Waals surface area (Å²) in [6.45, 7) is 16.1. The monoisotopic (exact) mass is 906 g/mol. The van der Waals surface area contributed by atoms with E-state index in [1.165, 1.54) is 5.38 Å². The van der Waals surface area contributed by atoms with Crippen molar-refractivity contribution in [2.75, 3.05) is 18.5 Å². The highest BCUT2D eigenvalue weighted by Crippen LogP contribution is 2.31. The van der Waals surface area contributed by atoms with Crippen molar-refractivity contribution in [2.45, 2.75) is 98.2 Å². The molecule has 0 radical (unpaired) electrons. The van der Waals surface area contributed by atoms with Crippen LogP contribution in [-0.4, -0.2) is 80.7 Å². The van der Waals surface area contributed by atoms with Gasteiger partial charge in [-0.05, 0) is 86.9 Å². The van der Waals surface area contributed by atoms with Crippen molar-refractivity contribution in [2.24, 2.45) is 12.2 Å². The first-order chi connectivity index (χ1) is 24.5. The highest BCUT2D eigenvalue weighted by atomic mass is 127. The number of rotatable bonds is 14. The molecule has 2 heterocycles. The molecule has 1 aromatic carbocycles. The molecule has 2 amide bonds. The Bertz CT molecular complexity index is 1810. The predicted molar refractivity (Wildman–Crippen MR) is 197 cm³/mol. The van der Waals surface area contributed by atoms with Crippen LogP contribution >= 0.6 is 22.9 Å². The number of alkyl carbamates (subject to hydrolysis) is 1. The van der Waals surface area contributed by atoms with Crippen molar-refractivity contribution in [3.63, 3.8) is 0 Å². The summed E-state index contributed by atoms with van der Waals surface area (Å²) in [4.78, 5) is 58.7. The summed E-state index contributed by atoms with van der Waals surface area (Å²) < 4.78 is 25.7. The molecule has 0 saturated carbocycles. The van der Waals surface area contributed by atoms with Gasteiger partial charge in [0.2, 0.25) is 11.9 Å². The Morgan fingerprint density at radius 3 is 2.22 bits per heavy atom. The molecule has 0 spiro atoms. The van der Waals surface area contributed by atoms with Crippen LogP contribution in [0.4, 0.5) is 14.7 Å². The lowest BCUT2D eigenvalue weighted by molar-refractivity contribution is -0.753. The van der Waals surface area contributed by atoms with Crippen molar-refractivity contribution in [1.29, 1.82) is 0 Å². The molecule has 0 aliphatic carbocycles. The Kier molecular flexibility index (Phi) is 16.5. The number of hydrogen-bond donors (Lipinski definition) is 3. The number of hydrogen-bond acceptors (Lipinski definition) is 12. The highest BCUT2D eigenvalue weighted by Gasteiger charge is 2.30. The maximum Gasteiger partial charge on any atom is 0.413 e. The summed E-state index contributed by atoms with van der Waals surface area (Å²) in [7, 11) is 1.89. The Morgan fingerprint density at radius 2 is 1.63 bits per heavy atom. The van der Waals surface area contributed by atoms with Gasteiger partial charge in [-0.25, -0.2) is 24.2 Å². The van der Waals surface area contributed by atoms with E-state index in [1.54, 1.807) is 80.5 Å². The number of benzene rings is 1. The van der Waals surface area contributed by atoms with Crippen molar-refractivity contribution in [1.82, 2.24) is 15.0 Å². The van der Waals surface area contributed by atoms with Crippen LogP contribution in [-0.2, 0) is 42.2 Å². The summed E-state index contributed by atoms with van der Waals surface area (Å²) in [5.41, 5.74) is -1.42. The molecule has 0 fully saturated rings. The SMILES string of the molecule is C[n+]1cc(-c2ccc(OC[C@H](O/N=C(\C(=O)O)c3csc(NC(=O)OC(C)(C)C)n3)C(=O)OC(C)(C)C)cc2Cl)cn1CCCNC(=O)OC(C)(C)C.[I-]. The summed E-state index contributed by atoms with van der Waals surface area (Å²) in [5.74, 6) is -2.05. The average Bonchev–Trinajstić information content (AvgIpc) is 3.59. The standard InChI is InChI=1S/C35H47ClN6O10S.HI/c1-33(2,3)49-29(45)26(52-40-27(28(43)44)25-20-53-30(38-25)39-32(47)51-35(7,8)9)19-48-22-12-13-23(24(36)16-22)21-17-41(10)42(18-21)15-11-14-37-31(46)50-34(4,5)6;/h12-13,16-18,20,26H,11,14-15,19H2,1-10H3,(H2-,37,38,39,43,44,46,47);1H/b40-27-;/t26-;/m0./s1. The van der Waals surface area contributed by atoms with Gasteiger partial charge in [-0.3, -0.25) is 5.32 Å². The molecule has 2 aromatic heterocycles. The van der Waals surface area contributed by atoms with E-state index in [2.05, 4.69) is 20.8 Å². The van der Waals surface area contributed by atoms with Gasteiger partial charge in [0.1, 0.15) is 34.9 Å². The molecule has 3 rings (SSSR count). The molecular weight excluding hydrogens is 859 g/mol. The molecular formula is C35H48ClIN6O10S. The summed E-state index contributed by atoms with van der Waals surface area (Å²) >= 11 is 7.61. The number of carboxylic acids is 1. The number of oxime groups is 1. The molecule has 3 aromatic rings. The number of amides is 2. The third-order valence-corrected chi connectivity index (χ3v) is 7.47. The maximum absolute atomic E-state index is 13.1. The molecule has 0 aliphatic rings. The fourth-order valence-corrected chi connectivity index (χ4v) is 5.27. The van der Waals surface area contributed by atoms with Crippen LogP contribution in [0.25, 0.3) is 11.1 Å². The fraction of sp³-hybridized carbons (Fsp3) is 0.514. The first-order valence-corrected chi connectivity index (χ1v) is 17.9. The Hall–Kier alpha value is -4.17. The van der Waals surface area contributed by atoms with Gasteiger partial charge in [0.05, 0.1) is 23.3 Å². The summed E-state index contributed by atoms with van der Waals surface area (Å²) in [5, 5.41) is 20.5. The number of anilines is 1.